The van der Waals surface area contributed by atoms with Crippen LogP contribution in [0.5, 0.6) is 0 Å². The summed E-state index contributed by atoms with van der Waals surface area (Å²) in [5.41, 5.74) is 1.05. The largest absolute Gasteiger partial charge is 0.465 e. The van der Waals surface area contributed by atoms with Crippen molar-refractivity contribution in [2.45, 2.75) is 25.1 Å². The van der Waals surface area contributed by atoms with Crippen molar-refractivity contribution in [1.82, 2.24) is 10.2 Å². The molecule has 0 aliphatic rings. The molecule has 0 bridgehead atoms. The van der Waals surface area contributed by atoms with Crippen molar-refractivity contribution in [3.8, 4) is 0 Å². The van der Waals surface area contributed by atoms with Crippen molar-refractivity contribution in [2.75, 3.05) is 23.0 Å². The highest BCUT2D eigenvalue weighted by Gasteiger charge is 2.13. The maximum Gasteiger partial charge on any atom is 0.316 e. The van der Waals surface area contributed by atoms with Gasteiger partial charge >= 0.3 is 5.97 Å². The predicted molar refractivity (Wildman–Crippen MR) is 105 cm³/mol. The first kappa shape index (κ1) is 20.8. The molecule has 10 heteroatoms. The van der Waals surface area contributed by atoms with E-state index in [0.717, 1.165) is 0 Å². The summed E-state index contributed by atoms with van der Waals surface area (Å²) in [6.45, 7) is 5.68. The van der Waals surface area contributed by atoms with E-state index in [9.17, 15) is 14.4 Å². The number of ether oxygens (including phenoxy) is 1. The van der Waals surface area contributed by atoms with Gasteiger partial charge in [-0.2, -0.15) is 0 Å². The fraction of sp³-hybridized carbons (Fsp3) is 0.353. The molecule has 144 valence electrons. The number of hydrogen-bond donors (Lipinski definition) is 2. The van der Waals surface area contributed by atoms with Crippen molar-refractivity contribution < 1.29 is 19.1 Å². The Morgan fingerprint density at radius 1 is 1.15 bits per heavy atom. The van der Waals surface area contributed by atoms with Gasteiger partial charge in [0.05, 0.1) is 12.4 Å². The van der Waals surface area contributed by atoms with E-state index in [-0.39, 0.29) is 29.5 Å². The third kappa shape index (κ3) is 6.65. The average Bonchev–Trinajstić information content (AvgIpc) is 3.08. The van der Waals surface area contributed by atoms with Gasteiger partial charge in [-0.3, -0.25) is 19.7 Å². The van der Waals surface area contributed by atoms with Crippen molar-refractivity contribution in [3.63, 3.8) is 0 Å². The summed E-state index contributed by atoms with van der Waals surface area (Å²) >= 11 is 2.38. The van der Waals surface area contributed by atoms with Crippen LogP contribution < -0.4 is 10.6 Å². The van der Waals surface area contributed by atoms with Gasteiger partial charge in [-0.05, 0) is 31.2 Å². The lowest BCUT2D eigenvalue weighted by molar-refractivity contribution is -0.139. The van der Waals surface area contributed by atoms with Gasteiger partial charge in [0.25, 0.3) is 5.91 Å². The Hall–Kier alpha value is -2.46. The molecule has 0 fully saturated rings. The summed E-state index contributed by atoms with van der Waals surface area (Å²) in [5.74, 6) is -0.738. The van der Waals surface area contributed by atoms with Gasteiger partial charge < -0.3 is 10.1 Å². The summed E-state index contributed by atoms with van der Waals surface area (Å²) < 4.78 is 5.40. The Balaban J connectivity index is 1.89. The van der Waals surface area contributed by atoms with Crippen LogP contribution in [0.25, 0.3) is 0 Å². The summed E-state index contributed by atoms with van der Waals surface area (Å²) in [6, 6.07) is 6.55. The van der Waals surface area contributed by atoms with Crippen LogP contribution in [0, 0.1) is 5.92 Å². The molecule has 0 unspecified atom stereocenters. The van der Waals surface area contributed by atoms with Crippen molar-refractivity contribution >= 4 is 51.7 Å². The second kappa shape index (κ2) is 10.0. The standard InChI is InChI=1S/C17H20N4O4S2/c1-4-25-13(22)9-26-17-21-20-16(27-17)19-15(24)11-5-7-12(8-6-11)18-14(23)10(2)3/h5-8,10H,4,9H2,1-3H3,(H,18,23)(H,19,20,24). The van der Waals surface area contributed by atoms with Crippen LogP contribution >= 0.6 is 23.1 Å². The lowest BCUT2D eigenvalue weighted by Crippen LogP contribution is -2.18. The highest BCUT2D eigenvalue weighted by molar-refractivity contribution is 8.01. The topological polar surface area (TPSA) is 110 Å². The Labute approximate surface area is 165 Å². The number of amides is 2. The number of nitrogens with zero attached hydrogens (tertiary/aromatic N) is 2. The summed E-state index contributed by atoms with van der Waals surface area (Å²) in [4.78, 5) is 35.3. The molecule has 1 aromatic heterocycles. The number of rotatable bonds is 8. The number of thioether (sulfide) groups is 1. The summed E-state index contributed by atoms with van der Waals surface area (Å²) in [5, 5.41) is 13.6. The quantitative estimate of drug-likeness (QED) is 0.392. The van der Waals surface area contributed by atoms with Crippen molar-refractivity contribution in [2.24, 2.45) is 5.92 Å². The minimum absolute atomic E-state index is 0.0890. The van der Waals surface area contributed by atoms with E-state index in [2.05, 4.69) is 20.8 Å². The van der Waals surface area contributed by atoms with Crippen LogP contribution in [-0.2, 0) is 14.3 Å². The molecule has 0 aliphatic carbocycles. The van der Waals surface area contributed by atoms with Gasteiger partial charge in [-0.1, -0.05) is 36.9 Å². The molecule has 0 saturated heterocycles. The third-order valence-corrected chi connectivity index (χ3v) is 5.13. The van der Waals surface area contributed by atoms with E-state index in [0.29, 0.717) is 27.3 Å². The average molecular weight is 409 g/mol. The van der Waals surface area contributed by atoms with E-state index in [4.69, 9.17) is 4.74 Å². The zero-order valence-corrected chi connectivity index (χ0v) is 16.8. The van der Waals surface area contributed by atoms with Crippen LogP contribution in [0.15, 0.2) is 28.6 Å². The highest BCUT2D eigenvalue weighted by atomic mass is 32.2. The molecule has 8 nitrogen and oxygen atoms in total. The first-order chi connectivity index (χ1) is 12.9. The maximum absolute atomic E-state index is 12.3. The molecule has 27 heavy (non-hydrogen) atoms. The van der Waals surface area contributed by atoms with Crippen molar-refractivity contribution in [1.29, 1.82) is 0 Å². The Bertz CT molecular complexity index is 806. The lowest BCUT2D eigenvalue weighted by atomic mass is 10.1. The summed E-state index contributed by atoms with van der Waals surface area (Å²) in [6.07, 6.45) is 0. The van der Waals surface area contributed by atoms with Gasteiger partial charge in [0, 0.05) is 17.2 Å². The van der Waals surface area contributed by atoms with Crippen LogP contribution in [-0.4, -0.2) is 40.3 Å². The first-order valence-corrected chi connectivity index (χ1v) is 10.0. The Morgan fingerprint density at radius 3 is 2.48 bits per heavy atom. The molecule has 0 radical (unpaired) electrons. The fourth-order valence-electron chi connectivity index (χ4n) is 1.80. The van der Waals surface area contributed by atoms with Crippen LogP contribution in [0.2, 0.25) is 0 Å². The Morgan fingerprint density at radius 2 is 1.85 bits per heavy atom. The van der Waals surface area contributed by atoms with Crippen LogP contribution in [0.1, 0.15) is 31.1 Å². The lowest BCUT2D eigenvalue weighted by Gasteiger charge is -2.08. The molecule has 0 spiro atoms. The number of nitrogens with one attached hydrogen (secondary N) is 2. The van der Waals surface area contributed by atoms with E-state index in [1.165, 1.54) is 23.1 Å². The predicted octanol–water partition coefficient (Wildman–Crippen LogP) is 3.04. The van der Waals surface area contributed by atoms with Gasteiger partial charge in [0.15, 0.2) is 4.34 Å². The zero-order chi connectivity index (χ0) is 19.8. The number of carbonyl (C=O) groups excluding carboxylic acids is 3. The van der Waals surface area contributed by atoms with Gasteiger partial charge in [0.2, 0.25) is 11.0 Å². The molecule has 0 saturated carbocycles. The second-order valence-corrected chi connectivity index (χ2v) is 7.84. The van der Waals surface area contributed by atoms with Crippen molar-refractivity contribution in [3.05, 3.63) is 29.8 Å². The molecule has 0 atom stereocenters. The smallest absolute Gasteiger partial charge is 0.316 e. The maximum atomic E-state index is 12.3. The second-order valence-electron chi connectivity index (χ2n) is 5.64. The van der Waals surface area contributed by atoms with E-state index in [1.54, 1.807) is 45.0 Å². The molecular weight excluding hydrogens is 388 g/mol. The molecule has 1 heterocycles. The first-order valence-electron chi connectivity index (χ1n) is 8.23. The SMILES string of the molecule is CCOC(=O)CSc1nnc(NC(=O)c2ccc(NC(=O)C(C)C)cc2)s1. The fourth-order valence-corrected chi connectivity index (χ4v) is 3.35. The minimum atomic E-state index is -0.338. The number of aromatic nitrogens is 2. The van der Waals surface area contributed by atoms with Crippen LogP contribution in [0.3, 0.4) is 0 Å². The number of hydrogen-bond acceptors (Lipinski definition) is 8. The monoisotopic (exact) mass is 408 g/mol. The normalized spacial score (nSPS) is 10.5. The van der Waals surface area contributed by atoms with E-state index >= 15 is 0 Å². The highest BCUT2D eigenvalue weighted by Crippen LogP contribution is 2.26. The van der Waals surface area contributed by atoms with Crippen LogP contribution in [0.4, 0.5) is 10.8 Å². The molecule has 2 N–H and O–H groups in total. The molecule has 2 aromatic rings. The molecule has 2 rings (SSSR count). The number of esters is 1. The van der Waals surface area contributed by atoms with Gasteiger partial charge in [-0.25, -0.2) is 0 Å². The Kier molecular flexibility index (Phi) is 7.74. The van der Waals surface area contributed by atoms with Gasteiger partial charge in [0.1, 0.15) is 0 Å². The molecule has 0 aliphatic heterocycles. The molecule has 1 aromatic carbocycles. The third-order valence-electron chi connectivity index (χ3n) is 3.18. The molecular formula is C17H20N4O4S2. The molecule has 2 amide bonds. The van der Waals surface area contributed by atoms with E-state index < -0.39 is 0 Å². The number of carbonyl (C=O) groups is 3. The van der Waals surface area contributed by atoms with Gasteiger partial charge in [-0.15, -0.1) is 10.2 Å². The summed E-state index contributed by atoms with van der Waals surface area (Å²) in [7, 11) is 0. The number of anilines is 2. The number of benzene rings is 1. The zero-order valence-electron chi connectivity index (χ0n) is 15.1. The minimum Gasteiger partial charge on any atom is -0.465 e. The van der Waals surface area contributed by atoms with E-state index in [1.807, 2.05) is 0 Å².